The molecule has 0 radical (unpaired) electrons. The Bertz CT molecular complexity index is 428. The second-order valence-electron chi connectivity index (χ2n) is 3.32. The van der Waals surface area contributed by atoms with Crippen LogP contribution in [0.5, 0.6) is 5.75 Å². The van der Waals surface area contributed by atoms with Gasteiger partial charge in [0.25, 0.3) is 0 Å². The Labute approximate surface area is 132 Å². The summed E-state index contributed by atoms with van der Waals surface area (Å²) in [6.07, 6.45) is 5.40. The van der Waals surface area contributed by atoms with Gasteiger partial charge in [-0.25, -0.2) is 0 Å². The summed E-state index contributed by atoms with van der Waals surface area (Å²) in [6.45, 7) is 3.19. The smallest absolute Gasteiger partial charge is 0.231 e. The van der Waals surface area contributed by atoms with Crippen molar-refractivity contribution in [1.29, 1.82) is 0 Å². The molecule has 0 N–H and O–H groups in total. The summed E-state index contributed by atoms with van der Waals surface area (Å²) in [7, 11) is 1.55. The standard InChI is InChI=1S/C14H15O5.W/c1-3-14(15)19-11-18-13-6-4-12(5-7-13)8-9-17-10-16-2;/h4-9H,1,10-11H2,2H3;/q-1;. The van der Waals surface area contributed by atoms with Crippen molar-refractivity contribution < 1.29 is 44.8 Å². The van der Waals surface area contributed by atoms with E-state index in [2.05, 4.69) is 17.4 Å². The van der Waals surface area contributed by atoms with Crippen LogP contribution in [0.2, 0.25) is 0 Å². The van der Waals surface area contributed by atoms with Crippen LogP contribution in [0.1, 0.15) is 5.56 Å². The van der Waals surface area contributed by atoms with Crippen molar-refractivity contribution in [2.75, 3.05) is 20.7 Å². The molecule has 0 spiro atoms. The average Bonchev–Trinajstić information content (AvgIpc) is 2.45. The molecule has 0 bridgehead atoms. The van der Waals surface area contributed by atoms with Crippen LogP contribution in [0.3, 0.4) is 0 Å². The number of hydrogen-bond donors (Lipinski definition) is 0. The third-order valence-electron chi connectivity index (χ3n) is 1.98. The molecule has 0 aromatic heterocycles. The predicted octanol–water partition coefficient (Wildman–Crippen LogP) is 2.14. The quantitative estimate of drug-likeness (QED) is 0.153. The molecule has 0 aliphatic heterocycles. The number of esters is 1. The van der Waals surface area contributed by atoms with Crippen LogP contribution in [-0.4, -0.2) is 26.7 Å². The molecular weight excluding hydrogens is 432 g/mol. The molecule has 0 atom stereocenters. The van der Waals surface area contributed by atoms with E-state index in [-0.39, 0.29) is 34.7 Å². The molecule has 1 rings (SSSR count). The topological polar surface area (TPSA) is 54.0 Å². The second kappa shape index (κ2) is 11.3. The number of rotatable bonds is 8. The summed E-state index contributed by atoms with van der Waals surface area (Å²) in [5, 5.41) is 0. The van der Waals surface area contributed by atoms with Crippen molar-refractivity contribution in [3.05, 3.63) is 48.7 Å². The zero-order valence-corrected chi connectivity index (χ0v) is 14.0. The largest absolute Gasteiger partial charge is 0.475 e. The molecule has 0 saturated carbocycles. The van der Waals surface area contributed by atoms with Gasteiger partial charge >= 0.3 is 0 Å². The second-order valence-corrected chi connectivity index (χ2v) is 3.32. The molecule has 6 heteroatoms. The molecule has 1 aromatic rings. The van der Waals surface area contributed by atoms with Crippen LogP contribution >= 0.6 is 0 Å². The minimum atomic E-state index is -0.644. The van der Waals surface area contributed by atoms with Crippen LogP contribution < -0.4 is 4.74 Å². The van der Waals surface area contributed by atoms with Gasteiger partial charge in [0.2, 0.25) is 6.79 Å². The number of ether oxygens (including phenoxy) is 4. The molecule has 0 saturated heterocycles. The van der Waals surface area contributed by atoms with E-state index in [1.165, 1.54) is 0 Å². The fourth-order valence-corrected chi connectivity index (χ4v) is 1.11. The molecular formula is C14H15O5W-. The van der Waals surface area contributed by atoms with E-state index in [0.717, 1.165) is 5.56 Å². The third-order valence-corrected chi connectivity index (χ3v) is 1.98. The van der Waals surface area contributed by atoms with Gasteiger partial charge in [-0.15, -0.1) is 0 Å². The normalized spacial score (nSPS) is 9.65. The van der Waals surface area contributed by atoms with E-state index in [0.29, 0.717) is 5.75 Å². The van der Waals surface area contributed by atoms with Gasteiger partial charge in [0, 0.05) is 28.2 Å². The number of methoxy groups -OCH3 is 1. The summed E-state index contributed by atoms with van der Waals surface area (Å²) in [5.41, 5.74) is 0.944. The maximum Gasteiger partial charge on any atom is 0.231 e. The molecule has 108 valence electrons. The summed E-state index contributed by atoms with van der Waals surface area (Å²) in [4.78, 5) is 10.7. The maximum atomic E-state index is 10.7. The fourth-order valence-electron chi connectivity index (χ4n) is 1.11. The first-order chi connectivity index (χ1) is 9.26. The van der Waals surface area contributed by atoms with E-state index in [9.17, 15) is 4.79 Å². The van der Waals surface area contributed by atoms with E-state index < -0.39 is 5.97 Å². The molecule has 0 heterocycles. The van der Waals surface area contributed by atoms with Crippen molar-refractivity contribution in [2.24, 2.45) is 0 Å². The Kier molecular flexibility index (Phi) is 10.4. The molecule has 0 unspecified atom stereocenters. The Hall–Kier alpha value is -1.58. The first-order valence-electron chi connectivity index (χ1n) is 5.46. The molecule has 5 nitrogen and oxygen atoms in total. The van der Waals surface area contributed by atoms with Crippen LogP contribution in [-0.2, 0) is 40.1 Å². The number of carbonyl (C=O) groups is 1. The third kappa shape index (κ3) is 7.77. The van der Waals surface area contributed by atoms with Gasteiger partial charge < -0.3 is 25.0 Å². The Morgan fingerprint density at radius 1 is 1.30 bits per heavy atom. The number of carbonyl (C=O) groups excluding carboxylic acids is 1. The molecule has 20 heavy (non-hydrogen) atoms. The molecule has 0 aliphatic carbocycles. The Balaban J connectivity index is 0.00000361. The first kappa shape index (κ1) is 18.4. The zero-order chi connectivity index (χ0) is 13.9. The fraction of sp³-hybridized carbons (Fsp3) is 0.214. The van der Waals surface area contributed by atoms with Crippen LogP contribution in [0.15, 0.2) is 37.1 Å². The van der Waals surface area contributed by atoms with E-state index in [1.807, 2.05) is 12.1 Å². The Morgan fingerprint density at radius 2 is 2.00 bits per heavy atom. The van der Waals surface area contributed by atoms with E-state index >= 15 is 0 Å². The van der Waals surface area contributed by atoms with Crippen LogP contribution in [0, 0.1) is 6.08 Å². The number of hydrogen-bond acceptors (Lipinski definition) is 5. The molecule has 0 fully saturated rings. The van der Waals surface area contributed by atoms with Gasteiger partial charge in [-0.1, -0.05) is 12.1 Å². The summed E-state index contributed by atoms with van der Waals surface area (Å²) >= 11 is 0. The van der Waals surface area contributed by atoms with Gasteiger partial charge in [-0.2, -0.15) is 0 Å². The van der Waals surface area contributed by atoms with Crippen LogP contribution in [0.25, 0.3) is 6.08 Å². The molecule has 1 aromatic carbocycles. The van der Waals surface area contributed by atoms with Gasteiger partial charge in [0.05, 0.1) is 6.26 Å². The van der Waals surface area contributed by atoms with Crippen molar-refractivity contribution >= 4 is 12.0 Å². The van der Waals surface area contributed by atoms with Gasteiger partial charge in [-0.05, 0) is 23.8 Å². The van der Waals surface area contributed by atoms with Crippen molar-refractivity contribution in [2.45, 2.75) is 0 Å². The zero-order valence-electron chi connectivity index (χ0n) is 11.0. The summed E-state index contributed by atoms with van der Waals surface area (Å²) in [6, 6.07) is 7.18. The molecule has 0 aliphatic rings. The number of benzene rings is 1. The van der Waals surface area contributed by atoms with E-state index in [4.69, 9.17) is 14.2 Å². The van der Waals surface area contributed by atoms with Gasteiger partial charge in [0.15, 0.2) is 12.8 Å². The summed E-state index contributed by atoms with van der Waals surface area (Å²) < 4.78 is 19.6. The van der Waals surface area contributed by atoms with Crippen molar-refractivity contribution in [3.63, 3.8) is 0 Å². The van der Waals surface area contributed by atoms with Gasteiger partial charge in [-0.3, -0.25) is 11.4 Å². The van der Waals surface area contributed by atoms with Crippen LogP contribution in [0.4, 0.5) is 0 Å². The summed E-state index contributed by atoms with van der Waals surface area (Å²) in [5.74, 6) is -0.0540. The Morgan fingerprint density at radius 3 is 2.60 bits per heavy atom. The first-order valence-corrected chi connectivity index (χ1v) is 5.46. The maximum absolute atomic E-state index is 10.7. The average molecular weight is 447 g/mol. The minimum absolute atomic E-state index is 0. The minimum Gasteiger partial charge on any atom is -0.475 e. The van der Waals surface area contributed by atoms with Crippen molar-refractivity contribution in [1.82, 2.24) is 0 Å². The van der Waals surface area contributed by atoms with E-state index in [1.54, 1.807) is 31.6 Å². The SMILES string of the molecule is C=[C-]C(=O)OCOc1ccc(C=COCOC)cc1.[W]. The monoisotopic (exact) mass is 447 g/mol. The van der Waals surface area contributed by atoms with Gasteiger partial charge in [0.1, 0.15) is 5.75 Å². The molecule has 0 amide bonds. The van der Waals surface area contributed by atoms with Crippen molar-refractivity contribution in [3.8, 4) is 5.75 Å². The predicted molar refractivity (Wildman–Crippen MR) is 68.9 cm³/mol.